The van der Waals surface area contributed by atoms with E-state index in [1.54, 1.807) is 12.1 Å². The summed E-state index contributed by atoms with van der Waals surface area (Å²) in [7, 11) is -3.46. The summed E-state index contributed by atoms with van der Waals surface area (Å²) in [6.07, 6.45) is -0.0251. The minimum absolute atomic E-state index is 0.00608. The van der Waals surface area contributed by atoms with E-state index in [4.69, 9.17) is 0 Å². The largest absolute Gasteiger partial charge is 0.392 e. The maximum atomic E-state index is 12.4. The van der Waals surface area contributed by atoms with Crippen molar-refractivity contribution in [3.05, 3.63) is 29.8 Å². The van der Waals surface area contributed by atoms with Gasteiger partial charge in [-0.3, -0.25) is 0 Å². The van der Waals surface area contributed by atoms with Crippen LogP contribution in [0.15, 0.2) is 29.2 Å². The molecule has 0 saturated carbocycles. The van der Waals surface area contributed by atoms with Crippen LogP contribution in [0.5, 0.6) is 0 Å². The number of aliphatic hydroxyl groups is 1. The standard InChI is InChI=1S/C14H21NO3S/c1-14(2,3)11-4-6-13(7-5-11)19(17,18)15-9-8-12(16)10-15/h4-7,12,16H,8-10H2,1-3H3/t12-/m1/s1. The SMILES string of the molecule is CC(C)(C)c1ccc(S(=O)(=O)N2CC[C@@H](O)C2)cc1. The van der Waals surface area contributed by atoms with Crippen LogP contribution in [0.25, 0.3) is 0 Å². The summed E-state index contributed by atoms with van der Waals surface area (Å²) in [5.74, 6) is 0. The zero-order valence-corrected chi connectivity index (χ0v) is 12.4. The molecular weight excluding hydrogens is 262 g/mol. The molecular formula is C14H21NO3S. The summed E-state index contributed by atoms with van der Waals surface area (Å²) in [5.41, 5.74) is 1.11. The minimum Gasteiger partial charge on any atom is -0.392 e. The van der Waals surface area contributed by atoms with Gasteiger partial charge in [-0.1, -0.05) is 32.9 Å². The first kappa shape index (κ1) is 14.5. The highest BCUT2D eigenvalue weighted by Crippen LogP contribution is 2.26. The average molecular weight is 283 g/mol. The van der Waals surface area contributed by atoms with Crippen LogP contribution in [-0.2, 0) is 15.4 Å². The number of hydrogen-bond acceptors (Lipinski definition) is 3. The van der Waals surface area contributed by atoms with E-state index in [1.807, 2.05) is 12.1 Å². The molecule has 5 heteroatoms. The third-order valence-electron chi connectivity index (χ3n) is 3.48. The predicted octanol–water partition coefficient (Wildman–Crippen LogP) is 1.74. The maximum absolute atomic E-state index is 12.4. The molecule has 4 nitrogen and oxygen atoms in total. The van der Waals surface area contributed by atoms with E-state index >= 15 is 0 Å². The van der Waals surface area contributed by atoms with Crippen LogP contribution in [0.3, 0.4) is 0 Å². The van der Waals surface area contributed by atoms with Gasteiger partial charge < -0.3 is 5.11 Å². The Morgan fingerprint density at radius 3 is 2.21 bits per heavy atom. The summed E-state index contributed by atoms with van der Waals surface area (Å²) in [4.78, 5) is 0.301. The average Bonchev–Trinajstić information content (AvgIpc) is 2.76. The molecule has 0 amide bonds. The molecule has 0 aromatic heterocycles. The Labute approximate surface area is 115 Å². The second-order valence-electron chi connectivity index (χ2n) is 6.08. The van der Waals surface area contributed by atoms with Gasteiger partial charge in [0.1, 0.15) is 0 Å². The van der Waals surface area contributed by atoms with Crippen LogP contribution in [0.4, 0.5) is 0 Å². The Hall–Kier alpha value is -0.910. The molecule has 1 saturated heterocycles. The van der Waals surface area contributed by atoms with Crippen molar-refractivity contribution in [1.29, 1.82) is 0 Å². The molecule has 0 aliphatic carbocycles. The summed E-state index contributed by atoms with van der Waals surface area (Å²) < 4.78 is 26.1. The Morgan fingerprint density at radius 1 is 1.21 bits per heavy atom. The summed E-state index contributed by atoms with van der Waals surface area (Å²) in [6.45, 7) is 6.86. The number of benzene rings is 1. The Morgan fingerprint density at radius 2 is 1.79 bits per heavy atom. The maximum Gasteiger partial charge on any atom is 0.243 e. The fraction of sp³-hybridized carbons (Fsp3) is 0.571. The molecule has 1 heterocycles. The molecule has 2 rings (SSSR count). The van der Waals surface area contributed by atoms with Gasteiger partial charge in [0.25, 0.3) is 0 Å². The lowest BCUT2D eigenvalue weighted by Crippen LogP contribution is -2.29. The molecule has 1 N–H and O–H groups in total. The van der Waals surface area contributed by atoms with Gasteiger partial charge in [0.15, 0.2) is 0 Å². The smallest absolute Gasteiger partial charge is 0.243 e. The first-order valence-electron chi connectivity index (χ1n) is 6.50. The van der Waals surface area contributed by atoms with Crippen molar-refractivity contribution >= 4 is 10.0 Å². The van der Waals surface area contributed by atoms with Gasteiger partial charge in [0, 0.05) is 13.1 Å². The molecule has 1 aromatic carbocycles. The lowest BCUT2D eigenvalue weighted by atomic mass is 9.87. The van der Waals surface area contributed by atoms with Gasteiger partial charge >= 0.3 is 0 Å². The minimum atomic E-state index is -3.46. The second kappa shape index (κ2) is 4.89. The van der Waals surface area contributed by atoms with Crippen molar-refractivity contribution in [1.82, 2.24) is 4.31 Å². The number of hydrogen-bond donors (Lipinski definition) is 1. The molecule has 1 aliphatic rings. The van der Waals surface area contributed by atoms with E-state index in [0.29, 0.717) is 17.9 Å². The van der Waals surface area contributed by atoms with Gasteiger partial charge in [-0.25, -0.2) is 8.42 Å². The third-order valence-corrected chi connectivity index (χ3v) is 5.36. The Bertz CT molecular complexity index is 543. The molecule has 106 valence electrons. The first-order chi connectivity index (χ1) is 8.71. The Kier molecular flexibility index (Phi) is 3.73. The van der Waals surface area contributed by atoms with E-state index in [9.17, 15) is 13.5 Å². The predicted molar refractivity (Wildman–Crippen MR) is 74.5 cm³/mol. The van der Waals surface area contributed by atoms with E-state index in [0.717, 1.165) is 5.56 Å². The third kappa shape index (κ3) is 2.99. The zero-order valence-electron chi connectivity index (χ0n) is 11.6. The summed E-state index contributed by atoms with van der Waals surface area (Å²) >= 11 is 0. The molecule has 0 radical (unpaired) electrons. The van der Waals surface area contributed by atoms with E-state index in [-0.39, 0.29) is 12.0 Å². The monoisotopic (exact) mass is 283 g/mol. The van der Waals surface area contributed by atoms with E-state index in [2.05, 4.69) is 20.8 Å². The van der Waals surface area contributed by atoms with Gasteiger partial charge in [0.2, 0.25) is 10.0 Å². The molecule has 0 bridgehead atoms. The first-order valence-corrected chi connectivity index (χ1v) is 7.94. The highest BCUT2D eigenvalue weighted by atomic mass is 32.2. The van der Waals surface area contributed by atoms with Crippen molar-refractivity contribution in [2.45, 2.75) is 43.6 Å². The number of aliphatic hydroxyl groups excluding tert-OH is 1. The number of sulfonamides is 1. The van der Waals surface area contributed by atoms with E-state index < -0.39 is 16.1 Å². The van der Waals surface area contributed by atoms with Crippen molar-refractivity contribution in [2.24, 2.45) is 0 Å². The molecule has 1 atom stereocenters. The molecule has 1 fully saturated rings. The summed E-state index contributed by atoms with van der Waals surface area (Å²) in [6, 6.07) is 7.03. The topological polar surface area (TPSA) is 57.6 Å². The molecule has 1 aromatic rings. The fourth-order valence-electron chi connectivity index (χ4n) is 2.20. The summed E-state index contributed by atoms with van der Waals surface area (Å²) in [5, 5.41) is 9.45. The van der Waals surface area contributed by atoms with Crippen LogP contribution >= 0.6 is 0 Å². The molecule has 0 spiro atoms. The van der Waals surface area contributed by atoms with Crippen LogP contribution in [0.1, 0.15) is 32.8 Å². The van der Waals surface area contributed by atoms with Gasteiger partial charge in [-0.05, 0) is 29.5 Å². The highest BCUT2D eigenvalue weighted by molar-refractivity contribution is 7.89. The zero-order chi connectivity index (χ0) is 14.3. The molecule has 1 aliphatic heterocycles. The van der Waals surface area contributed by atoms with Crippen molar-refractivity contribution < 1.29 is 13.5 Å². The normalized spacial score (nSPS) is 21.8. The van der Waals surface area contributed by atoms with Crippen LogP contribution in [-0.4, -0.2) is 37.0 Å². The van der Waals surface area contributed by atoms with Crippen molar-refractivity contribution in [2.75, 3.05) is 13.1 Å². The van der Waals surface area contributed by atoms with Crippen LogP contribution in [0.2, 0.25) is 0 Å². The lowest BCUT2D eigenvalue weighted by Gasteiger charge is -2.20. The number of rotatable bonds is 2. The van der Waals surface area contributed by atoms with Crippen LogP contribution < -0.4 is 0 Å². The van der Waals surface area contributed by atoms with Gasteiger partial charge in [-0.2, -0.15) is 4.31 Å². The molecule has 0 unspecified atom stereocenters. The molecule has 19 heavy (non-hydrogen) atoms. The fourth-order valence-corrected chi connectivity index (χ4v) is 3.70. The van der Waals surface area contributed by atoms with E-state index in [1.165, 1.54) is 4.31 Å². The lowest BCUT2D eigenvalue weighted by molar-refractivity contribution is 0.189. The second-order valence-corrected chi connectivity index (χ2v) is 8.02. The quantitative estimate of drug-likeness (QED) is 0.899. The number of β-amino-alcohol motifs (C(OH)–C–C–N with tert-alkyl or cyclic N) is 1. The van der Waals surface area contributed by atoms with Gasteiger partial charge in [0.05, 0.1) is 11.0 Å². The van der Waals surface area contributed by atoms with Crippen molar-refractivity contribution in [3.63, 3.8) is 0 Å². The van der Waals surface area contributed by atoms with Crippen molar-refractivity contribution in [3.8, 4) is 0 Å². The number of nitrogens with zero attached hydrogens (tertiary/aromatic N) is 1. The Balaban J connectivity index is 2.27. The highest BCUT2D eigenvalue weighted by Gasteiger charge is 2.31. The van der Waals surface area contributed by atoms with Crippen LogP contribution in [0, 0.1) is 0 Å². The van der Waals surface area contributed by atoms with Gasteiger partial charge in [-0.15, -0.1) is 0 Å².